The van der Waals surface area contributed by atoms with E-state index in [9.17, 15) is 4.79 Å². The zero-order chi connectivity index (χ0) is 9.97. The number of nitrogens with one attached hydrogen (secondary N) is 1. The van der Waals surface area contributed by atoms with Crippen LogP contribution in [0.15, 0.2) is 28.7 Å². The number of nitrogens with zero attached hydrogens (tertiary/aromatic N) is 1. The number of anilines is 1. The molecule has 0 unspecified atom stereocenters. The highest BCUT2D eigenvalue weighted by atomic mass is 79.9. The highest BCUT2D eigenvalue weighted by Crippen LogP contribution is 2.19. The Labute approximate surface area is 91.2 Å². The standard InChI is InChI=1S/C10H11BrN2O/c11-8-2-4-9(5-3-8)13-7-1-6-12-10(13)14/h2-5H,1,6-7H2,(H,12,14). The molecule has 0 radical (unpaired) electrons. The lowest BCUT2D eigenvalue weighted by Crippen LogP contribution is -2.46. The molecule has 2 amide bonds. The first-order valence-electron chi connectivity index (χ1n) is 4.58. The lowest BCUT2D eigenvalue weighted by Gasteiger charge is -2.27. The van der Waals surface area contributed by atoms with Crippen LogP contribution in [0.5, 0.6) is 0 Å². The third-order valence-electron chi connectivity index (χ3n) is 2.22. The number of benzene rings is 1. The molecule has 1 N–H and O–H groups in total. The second-order valence-corrected chi connectivity index (χ2v) is 4.13. The van der Waals surface area contributed by atoms with Crippen molar-refractivity contribution in [1.82, 2.24) is 5.32 Å². The molecule has 1 saturated heterocycles. The topological polar surface area (TPSA) is 32.3 Å². The van der Waals surface area contributed by atoms with Crippen molar-refractivity contribution in [3.8, 4) is 0 Å². The normalized spacial score (nSPS) is 16.6. The molecule has 1 heterocycles. The molecular weight excluding hydrogens is 244 g/mol. The number of carbonyl (C=O) groups is 1. The Morgan fingerprint density at radius 3 is 2.64 bits per heavy atom. The molecule has 1 fully saturated rings. The van der Waals surface area contributed by atoms with Crippen LogP contribution >= 0.6 is 15.9 Å². The van der Waals surface area contributed by atoms with Crippen LogP contribution in [-0.2, 0) is 0 Å². The number of rotatable bonds is 1. The highest BCUT2D eigenvalue weighted by molar-refractivity contribution is 9.10. The summed E-state index contributed by atoms with van der Waals surface area (Å²) in [5.74, 6) is 0. The molecule has 0 saturated carbocycles. The fourth-order valence-electron chi connectivity index (χ4n) is 1.50. The number of urea groups is 1. The zero-order valence-corrected chi connectivity index (χ0v) is 9.25. The summed E-state index contributed by atoms with van der Waals surface area (Å²) in [5, 5.41) is 2.82. The third-order valence-corrected chi connectivity index (χ3v) is 2.75. The van der Waals surface area contributed by atoms with Crippen LogP contribution in [0.4, 0.5) is 10.5 Å². The van der Waals surface area contributed by atoms with Gasteiger partial charge in [0.15, 0.2) is 0 Å². The Balaban J connectivity index is 2.20. The van der Waals surface area contributed by atoms with Crippen LogP contribution in [0.25, 0.3) is 0 Å². The van der Waals surface area contributed by atoms with Crippen molar-refractivity contribution in [2.75, 3.05) is 18.0 Å². The molecule has 0 aliphatic carbocycles. The first kappa shape index (κ1) is 9.52. The maximum absolute atomic E-state index is 11.5. The van der Waals surface area contributed by atoms with Gasteiger partial charge in [0.25, 0.3) is 0 Å². The van der Waals surface area contributed by atoms with Crippen LogP contribution in [-0.4, -0.2) is 19.1 Å². The van der Waals surface area contributed by atoms with Gasteiger partial charge in [-0.25, -0.2) is 4.79 Å². The van der Waals surface area contributed by atoms with E-state index in [1.807, 2.05) is 24.3 Å². The smallest absolute Gasteiger partial charge is 0.321 e. The molecule has 14 heavy (non-hydrogen) atoms. The van der Waals surface area contributed by atoms with Crippen molar-refractivity contribution >= 4 is 27.6 Å². The van der Waals surface area contributed by atoms with Gasteiger partial charge in [0, 0.05) is 23.2 Å². The van der Waals surface area contributed by atoms with E-state index in [0.29, 0.717) is 0 Å². The molecule has 0 atom stereocenters. The van der Waals surface area contributed by atoms with E-state index < -0.39 is 0 Å². The van der Waals surface area contributed by atoms with Gasteiger partial charge < -0.3 is 5.32 Å². The van der Waals surface area contributed by atoms with Crippen LogP contribution in [0, 0.1) is 0 Å². The molecule has 1 aliphatic heterocycles. The number of hydrogen-bond acceptors (Lipinski definition) is 1. The fraction of sp³-hybridized carbons (Fsp3) is 0.300. The summed E-state index contributed by atoms with van der Waals surface area (Å²) >= 11 is 3.37. The van der Waals surface area contributed by atoms with E-state index in [2.05, 4.69) is 21.2 Å². The van der Waals surface area contributed by atoms with Gasteiger partial charge in [0.05, 0.1) is 0 Å². The SMILES string of the molecule is O=C1NCCCN1c1ccc(Br)cc1. The van der Waals surface area contributed by atoms with Crippen molar-refractivity contribution < 1.29 is 4.79 Å². The third kappa shape index (κ3) is 1.90. The molecule has 0 spiro atoms. The largest absolute Gasteiger partial charge is 0.338 e. The average molecular weight is 255 g/mol. The summed E-state index contributed by atoms with van der Waals surface area (Å²) in [5.41, 5.74) is 0.949. The lowest BCUT2D eigenvalue weighted by atomic mass is 10.2. The molecule has 0 aromatic heterocycles. The van der Waals surface area contributed by atoms with Gasteiger partial charge in [-0.2, -0.15) is 0 Å². The van der Waals surface area contributed by atoms with Gasteiger partial charge in [0.1, 0.15) is 0 Å². The Kier molecular flexibility index (Phi) is 2.72. The summed E-state index contributed by atoms with van der Waals surface area (Å²) in [6, 6.07) is 7.76. The van der Waals surface area contributed by atoms with E-state index >= 15 is 0 Å². The van der Waals surface area contributed by atoms with Gasteiger partial charge in [-0.15, -0.1) is 0 Å². The lowest BCUT2D eigenvalue weighted by molar-refractivity contribution is 0.243. The van der Waals surface area contributed by atoms with Crippen LogP contribution < -0.4 is 10.2 Å². The predicted octanol–water partition coefficient (Wildman–Crippen LogP) is 2.37. The fourth-order valence-corrected chi connectivity index (χ4v) is 1.76. The van der Waals surface area contributed by atoms with Gasteiger partial charge in [-0.05, 0) is 30.7 Å². The molecule has 1 aromatic carbocycles. The number of amides is 2. The van der Waals surface area contributed by atoms with Crippen molar-refractivity contribution in [3.05, 3.63) is 28.7 Å². The van der Waals surface area contributed by atoms with Gasteiger partial charge in [-0.3, -0.25) is 4.90 Å². The number of halogens is 1. The second kappa shape index (κ2) is 4.00. The molecule has 74 valence electrons. The maximum Gasteiger partial charge on any atom is 0.321 e. The summed E-state index contributed by atoms with van der Waals surface area (Å²) in [6.45, 7) is 1.58. The Bertz CT molecular complexity index is 336. The average Bonchev–Trinajstić information content (AvgIpc) is 2.20. The van der Waals surface area contributed by atoms with E-state index in [4.69, 9.17) is 0 Å². The second-order valence-electron chi connectivity index (χ2n) is 3.21. The predicted molar refractivity (Wildman–Crippen MR) is 59.5 cm³/mol. The first-order valence-corrected chi connectivity index (χ1v) is 5.37. The Hall–Kier alpha value is -1.03. The van der Waals surface area contributed by atoms with Crippen LogP contribution in [0.1, 0.15) is 6.42 Å². The van der Waals surface area contributed by atoms with Crippen LogP contribution in [0.3, 0.4) is 0 Å². The summed E-state index contributed by atoms with van der Waals surface area (Å²) in [4.78, 5) is 13.2. The van der Waals surface area contributed by atoms with Crippen molar-refractivity contribution in [2.45, 2.75) is 6.42 Å². The Morgan fingerprint density at radius 2 is 2.00 bits per heavy atom. The summed E-state index contributed by atoms with van der Waals surface area (Å²) in [6.07, 6.45) is 1.00. The highest BCUT2D eigenvalue weighted by Gasteiger charge is 2.18. The monoisotopic (exact) mass is 254 g/mol. The molecule has 4 heteroatoms. The van der Waals surface area contributed by atoms with E-state index in [0.717, 1.165) is 29.7 Å². The quantitative estimate of drug-likeness (QED) is 0.820. The van der Waals surface area contributed by atoms with Crippen LogP contribution in [0.2, 0.25) is 0 Å². The van der Waals surface area contributed by atoms with Gasteiger partial charge >= 0.3 is 6.03 Å². The molecular formula is C10H11BrN2O. The minimum Gasteiger partial charge on any atom is -0.338 e. The van der Waals surface area contributed by atoms with Crippen molar-refractivity contribution in [2.24, 2.45) is 0 Å². The molecule has 1 aromatic rings. The number of carbonyl (C=O) groups excluding carboxylic acids is 1. The summed E-state index contributed by atoms with van der Waals surface area (Å²) in [7, 11) is 0. The minimum absolute atomic E-state index is 0.00132. The van der Waals surface area contributed by atoms with E-state index in [1.165, 1.54) is 0 Å². The molecule has 2 rings (SSSR count). The number of hydrogen-bond donors (Lipinski definition) is 1. The van der Waals surface area contributed by atoms with E-state index in [-0.39, 0.29) is 6.03 Å². The van der Waals surface area contributed by atoms with Crippen molar-refractivity contribution in [3.63, 3.8) is 0 Å². The maximum atomic E-state index is 11.5. The first-order chi connectivity index (χ1) is 6.77. The zero-order valence-electron chi connectivity index (χ0n) is 7.66. The minimum atomic E-state index is -0.00132. The molecule has 3 nitrogen and oxygen atoms in total. The molecule has 1 aliphatic rings. The molecule has 0 bridgehead atoms. The van der Waals surface area contributed by atoms with E-state index in [1.54, 1.807) is 4.90 Å². The van der Waals surface area contributed by atoms with Crippen molar-refractivity contribution in [1.29, 1.82) is 0 Å². The van der Waals surface area contributed by atoms with Gasteiger partial charge in [0.2, 0.25) is 0 Å². The Morgan fingerprint density at radius 1 is 1.29 bits per heavy atom. The summed E-state index contributed by atoms with van der Waals surface area (Å²) < 4.78 is 1.03. The van der Waals surface area contributed by atoms with Gasteiger partial charge in [-0.1, -0.05) is 15.9 Å².